The highest BCUT2D eigenvalue weighted by Crippen LogP contribution is 2.35. The summed E-state index contributed by atoms with van der Waals surface area (Å²) in [5.74, 6) is 1.99. The molecule has 3 rings (SSSR count). The van der Waals surface area contributed by atoms with Crippen LogP contribution in [0.15, 0.2) is 42.0 Å². The van der Waals surface area contributed by atoms with Crippen molar-refractivity contribution < 1.29 is 9.16 Å². The van der Waals surface area contributed by atoms with Gasteiger partial charge in [0, 0.05) is 0 Å². The first-order chi connectivity index (χ1) is 11.0. The summed E-state index contributed by atoms with van der Waals surface area (Å²) < 4.78 is 12.5. The van der Waals surface area contributed by atoms with Crippen molar-refractivity contribution in [1.29, 1.82) is 0 Å². The van der Waals surface area contributed by atoms with Gasteiger partial charge >= 0.3 is 0 Å². The zero-order valence-electron chi connectivity index (χ0n) is 14.6. The van der Waals surface area contributed by atoms with E-state index in [-0.39, 0.29) is 6.10 Å². The van der Waals surface area contributed by atoms with Gasteiger partial charge in [-0.1, -0.05) is 23.8 Å². The second-order valence-corrected chi connectivity index (χ2v) is 12.0. The Morgan fingerprint density at radius 1 is 1.17 bits per heavy atom. The molecule has 0 aromatic heterocycles. The molecule has 1 aliphatic carbocycles. The van der Waals surface area contributed by atoms with Crippen LogP contribution in [0, 0.1) is 0 Å². The van der Waals surface area contributed by atoms with Crippen molar-refractivity contribution in [3.8, 4) is 5.75 Å². The van der Waals surface area contributed by atoms with Crippen molar-refractivity contribution in [2.24, 2.45) is 0 Å². The standard InChI is InChI=1S/C20H28O2Si/c1-23(2,3)22-20-15-17(14-13-16-9-5-4-6-10-16)21-19-12-8-7-11-18(19)20/h7-9,11-12,15,17H,4-6,10,13-14H2,1-3H3. The number of para-hydroxylation sites is 1. The fourth-order valence-electron chi connectivity index (χ4n) is 3.25. The number of fused-ring (bicyclic) bond motifs is 1. The van der Waals surface area contributed by atoms with E-state index in [0.717, 1.165) is 29.9 Å². The van der Waals surface area contributed by atoms with E-state index in [1.165, 1.54) is 25.7 Å². The molecule has 0 fully saturated rings. The maximum Gasteiger partial charge on any atom is 0.242 e. The van der Waals surface area contributed by atoms with Crippen molar-refractivity contribution in [1.82, 2.24) is 0 Å². The Hall–Kier alpha value is -1.48. The SMILES string of the molecule is C[Si](C)(C)OC1=CC(CCC2=CCCCC2)Oc2ccccc21. The molecule has 1 aromatic rings. The minimum atomic E-state index is -1.63. The van der Waals surface area contributed by atoms with Crippen LogP contribution in [0.1, 0.15) is 44.1 Å². The van der Waals surface area contributed by atoms with Crippen LogP contribution in [0.25, 0.3) is 5.76 Å². The fraction of sp³-hybridized carbons (Fsp3) is 0.500. The Balaban J connectivity index is 1.74. The summed E-state index contributed by atoms with van der Waals surface area (Å²) in [6, 6.07) is 8.25. The van der Waals surface area contributed by atoms with Crippen LogP contribution >= 0.6 is 0 Å². The smallest absolute Gasteiger partial charge is 0.242 e. The van der Waals surface area contributed by atoms with Crippen LogP contribution in [0.5, 0.6) is 5.75 Å². The number of benzene rings is 1. The van der Waals surface area contributed by atoms with Crippen molar-refractivity contribution in [2.45, 2.75) is 64.3 Å². The fourth-order valence-corrected chi connectivity index (χ4v) is 4.09. The minimum Gasteiger partial charge on any atom is -0.544 e. The van der Waals surface area contributed by atoms with Gasteiger partial charge in [-0.25, -0.2) is 0 Å². The summed E-state index contributed by atoms with van der Waals surface area (Å²) in [6.45, 7) is 6.69. The van der Waals surface area contributed by atoms with Gasteiger partial charge in [0.2, 0.25) is 8.32 Å². The Bertz CT molecular complexity index is 610. The molecular formula is C20H28O2Si. The third kappa shape index (κ3) is 4.50. The van der Waals surface area contributed by atoms with E-state index in [9.17, 15) is 0 Å². The lowest BCUT2D eigenvalue weighted by molar-refractivity contribution is 0.228. The van der Waals surface area contributed by atoms with Gasteiger partial charge in [0.05, 0.1) is 5.56 Å². The topological polar surface area (TPSA) is 18.5 Å². The average Bonchev–Trinajstić information content (AvgIpc) is 2.52. The third-order valence-electron chi connectivity index (χ3n) is 4.32. The number of hydrogen-bond acceptors (Lipinski definition) is 2. The largest absolute Gasteiger partial charge is 0.544 e. The molecule has 0 saturated heterocycles. The third-order valence-corrected chi connectivity index (χ3v) is 5.15. The monoisotopic (exact) mass is 328 g/mol. The number of rotatable bonds is 5. The van der Waals surface area contributed by atoms with Gasteiger partial charge in [0.15, 0.2) is 0 Å². The van der Waals surface area contributed by atoms with Crippen LogP contribution in [-0.4, -0.2) is 14.4 Å². The second-order valence-electron chi connectivity index (χ2n) is 7.54. The molecule has 1 aliphatic heterocycles. The van der Waals surface area contributed by atoms with E-state index in [0.29, 0.717) is 0 Å². The Morgan fingerprint density at radius 3 is 2.74 bits per heavy atom. The average molecular weight is 329 g/mol. The highest BCUT2D eigenvalue weighted by atomic mass is 28.4. The zero-order valence-corrected chi connectivity index (χ0v) is 15.6. The first-order valence-corrected chi connectivity index (χ1v) is 12.3. The summed E-state index contributed by atoms with van der Waals surface area (Å²) in [5, 5.41) is 0. The molecule has 0 radical (unpaired) electrons. The maximum absolute atomic E-state index is 6.33. The van der Waals surface area contributed by atoms with E-state index < -0.39 is 8.32 Å². The highest BCUT2D eigenvalue weighted by Gasteiger charge is 2.26. The maximum atomic E-state index is 6.33. The quantitative estimate of drug-likeness (QED) is 0.493. The summed E-state index contributed by atoms with van der Waals surface area (Å²) in [5.41, 5.74) is 2.71. The van der Waals surface area contributed by atoms with E-state index in [4.69, 9.17) is 9.16 Å². The second kappa shape index (κ2) is 6.96. The summed E-state index contributed by atoms with van der Waals surface area (Å²) >= 11 is 0. The summed E-state index contributed by atoms with van der Waals surface area (Å²) in [7, 11) is -1.63. The van der Waals surface area contributed by atoms with Crippen molar-refractivity contribution in [3.05, 3.63) is 47.6 Å². The number of allylic oxidation sites excluding steroid dienone is 2. The van der Waals surface area contributed by atoms with Gasteiger partial charge < -0.3 is 9.16 Å². The van der Waals surface area contributed by atoms with Gasteiger partial charge in [-0.3, -0.25) is 0 Å². The van der Waals surface area contributed by atoms with Crippen LogP contribution in [0.2, 0.25) is 19.6 Å². The molecule has 2 nitrogen and oxygen atoms in total. The molecule has 1 aromatic carbocycles. The lowest BCUT2D eigenvalue weighted by Gasteiger charge is -2.30. The van der Waals surface area contributed by atoms with Gasteiger partial charge in [0.1, 0.15) is 17.6 Å². The number of hydrogen-bond donors (Lipinski definition) is 0. The molecule has 0 N–H and O–H groups in total. The molecular weight excluding hydrogens is 300 g/mol. The summed E-state index contributed by atoms with van der Waals surface area (Å²) in [6.07, 6.45) is 12.2. The predicted octanol–water partition coefficient (Wildman–Crippen LogP) is 5.92. The van der Waals surface area contributed by atoms with E-state index >= 15 is 0 Å². The van der Waals surface area contributed by atoms with Crippen molar-refractivity contribution >= 4 is 14.1 Å². The van der Waals surface area contributed by atoms with Crippen molar-refractivity contribution in [3.63, 3.8) is 0 Å². The molecule has 1 heterocycles. The van der Waals surface area contributed by atoms with Gasteiger partial charge in [-0.15, -0.1) is 0 Å². The van der Waals surface area contributed by atoms with Gasteiger partial charge in [-0.2, -0.15) is 0 Å². The molecule has 124 valence electrons. The van der Waals surface area contributed by atoms with Crippen LogP contribution < -0.4 is 4.74 Å². The summed E-state index contributed by atoms with van der Waals surface area (Å²) in [4.78, 5) is 0. The van der Waals surface area contributed by atoms with Crippen LogP contribution in [0.4, 0.5) is 0 Å². The molecule has 1 atom stereocenters. The predicted molar refractivity (Wildman–Crippen MR) is 99.1 cm³/mol. The highest BCUT2D eigenvalue weighted by molar-refractivity contribution is 6.70. The van der Waals surface area contributed by atoms with E-state index in [2.05, 4.69) is 50.0 Å². The lowest BCUT2D eigenvalue weighted by atomic mass is 9.94. The molecule has 0 amide bonds. The van der Waals surface area contributed by atoms with E-state index in [1.807, 2.05) is 6.07 Å². The Kier molecular flexibility index (Phi) is 4.95. The first kappa shape index (κ1) is 16.4. The lowest BCUT2D eigenvalue weighted by Crippen LogP contribution is -2.27. The van der Waals surface area contributed by atoms with E-state index in [1.54, 1.807) is 5.57 Å². The zero-order chi connectivity index (χ0) is 16.3. The Labute approximate surface area is 141 Å². The minimum absolute atomic E-state index is 0.124. The first-order valence-electron chi connectivity index (χ1n) is 8.86. The Morgan fingerprint density at radius 2 is 2.00 bits per heavy atom. The molecule has 23 heavy (non-hydrogen) atoms. The van der Waals surface area contributed by atoms with Gasteiger partial charge in [0.25, 0.3) is 0 Å². The molecule has 0 saturated carbocycles. The molecule has 2 aliphatic rings. The van der Waals surface area contributed by atoms with Gasteiger partial charge in [-0.05, 0) is 76.4 Å². The normalized spacial score (nSPS) is 20.9. The van der Waals surface area contributed by atoms with Crippen molar-refractivity contribution in [2.75, 3.05) is 0 Å². The molecule has 0 bridgehead atoms. The molecule has 0 spiro atoms. The molecule has 3 heteroatoms. The van der Waals surface area contributed by atoms with Crippen LogP contribution in [0.3, 0.4) is 0 Å². The number of ether oxygens (including phenoxy) is 1. The van der Waals surface area contributed by atoms with Crippen LogP contribution in [-0.2, 0) is 4.43 Å². The molecule has 1 unspecified atom stereocenters.